The Morgan fingerprint density at radius 2 is 2.00 bits per heavy atom. The lowest BCUT2D eigenvalue weighted by atomic mass is 10.1. The van der Waals surface area contributed by atoms with Crippen LogP contribution >= 0.6 is 0 Å². The molecule has 1 saturated heterocycles. The van der Waals surface area contributed by atoms with Crippen LogP contribution in [0.4, 0.5) is 0 Å². The van der Waals surface area contributed by atoms with E-state index >= 15 is 0 Å². The maximum atomic E-state index is 12.8. The molecule has 3 aromatic heterocycles. The molecule has 1 aliphatic rings. The molecular formula is C18H20N4O. The van der Waals surface area contributed by atoms with Gasteiger partial charge in [0.25, 0.3) is 5.91 Å². The lowest BCUT2D eigenvalue weighted by molar-refractivity contribution is 0.0687. The predicted molar refractivity (Wildman–Crippen MR) is 90.2 cm³/mol. The molecule has 1 amide bonds. The highest BCUT2D eigenvalue weighted by Crippen LogP contribution is 2.29. The Morgan fingerprint density at radius 3 is 2.78 bits per heavy atom. The summed E-state index contributed by atoms with van der Waals surface area (Å²) < 4.78 is 0. The van der Waals surface area contributed by atoms with Gasteiger partial charge < -0.3 is 14.9 Å². The van der Waals surface area contributed by atoms with Gasteiger partial charge >= 0.3 is 0 Å². The largest absolute Gasteiger partial charge is 0.357 e. The number of H-pyrrole nitrogens is 2. The highest BCUT2D eigenvalue weighted by atomic mass is 16.2. The lowest BCUT2D eigenvalue weighted by Gasteiger charge is -2.25. The summed E-state index contributed by atoms with van der Waals surface area (Å²) in [7, 11) is 0. The number of nitrogens with one attached hydrogen (secondary N) is 2. The smallest absolute Gasteiger partial charge is 0.270 e. The van der Waals surface area contributed by atoms with E-state index in [1.54, 1.807) is 6.20 Å². The van der Waals surface area contributed by atoms with E-state index in [9.17, 15) is 4.79 Å². The Morgan fingerprint density at radius 1 is 1.22 bits per heavy atom. The fourth-order valence-corrected chi connectivity index (χ4v) is 3.62. The molecule has 4 rings (SSSR count). The minimum Gasteiger partial charge on any atom is -0.357 e. The number of aromatic amines is 2. The molecule has 2 atom stereocenters. The van der Waals surface area contributed by atoms with Gasteiger partial charge in [-0.3, -0.25) is 4.79 Å². The van der Waals surface area contributed by atoms with Gasteiger partial charge in [0, 0.05) is 41.6 Å². The summed E-state index contributed by atoms with van der Waals surface area (Å²) in [4.78, 5) is 25.4. The van der Waals surface area contributed by atoms with E-state index in [-0.39, 0.29) is 5.91 Å². The Labute approximate surface area is 134 Å². The van der Waals surface area contributed by atoms with Crippen molar-refractivity contribution in [3.8, 4) is 11.1 Å². The standard InChI is InChI=1S/C18H20N4O/c1-11-3-4-12(2)22(11)18(23)16-9-13(10-21-16)14-5-7-19-17-15(14)6-8-20-17/h5-12,21H,3-4H2,1-2H3,(H,19,20). The molecule has 0 saturated carbocycles. The van der Waals surface area contributed by atoms with Crippen molar-refractivity contribution < 1.29 is 4.79 Å². The summed E-state index contributed by atoms with van der Waals surface area (Å²) in [5.41, 5.74) is 3.60. The monoisotopic (exact) mass is 308 g/mol. The SMILES string of the molecule is CC1CCC(C)N1C(=O)c1cc(-c2ccnc3[nH]ccc23)c[nH]1. The number of aromatic nitrogens is 3. The van der Waals surface area contributed by atoms with Crippen LogP contribution in [0.3, 0.4) is 0 Å². The maximum absolute atomic E-state index is 12.8. The van der Waals surface area contributed by atoms with Crippen LogP contribution in [-0.4, -0.2) is 37.8 Å². The van der Waals surface area contributed by atoms with E-state index in [0.717, 1.165) is 35.0 Å². The molecule has 0 aromatic carbocycles. The summed E-state index contributed by atoms with van der Waals surface area (Å²) in [6, 6.07) is 6.55. The van der Waals surface area contributed by atoms with Crippen molar-refractivity contribution in [3.05, 3.63) is 42.5 Å². The van der Waals surface area contributed by atoms with Crippen LogP contribution in [0.5, 0.6) is 0 Å². The van der Waals surface area contributed by atoms with Crippen molar-refractivity contribution in [2.45, 2.75) is 38.8 Å². The molecule has 23 heavy (non-hydrogen) atoms. The van der Waals surface area contributed by atoms with Crippen LogP contribution in [0.15, 0.2) is 36.8 Å². The van der Waals surface area contributed by atoms with E-state index in [4.69, 9.17) is 0 Å². The molecular weight excluding hydrogens is 288 g/mol. The highest BCUT2D eigenvalue weighted by Gasteiger charge is 2.32. The van der Waals surface area contributed by atoms with Gasteiger partial charge in [-0.25, -0.2) is 4.98 Å². The number of fused-ring (bicyclic) bond motifs is 1. The van der Waals surface area contributed by atoms with Gasteiger partial charge in [-0.1, -0.05) is 0 Å². The number of carbonyl (C=O) groups excluding carboxylic acids is 1. The summed E-state index contributed by atoms with van der Waals surface area (Å²) in [6.07, 6.45) is 7.73. The second-order valence-electron chi connectivity index (χ2n) is 6.39. The lowest BCUT2D eigenvalue weighted by Crippen LogP contribution is -2.38. The predicted octanol–water partition coefficient (Wildman–Crippen LogP) is 3.57. The molecule has 1 fully saturated rings. The first-order valence-corrected chi connectivity index (χ1v) is 8.08. The molecule has 118 valence electrons. The van der Waals surface area contributed by atoms with Gasteiger partial charge in [0.2, 0.25) is 0 Å². The second kappa shape index (κ2) is 5.26. The number of carbonyl (C=O) groups is 1. The Balaban J connectivity index is 1.69. The molecule has 5 nitrogen and oxygen atoms in total. The summed E-state index contributed by atoms with van der Waals surface area (Å²) in [5, 5.41) is 1.06. The van der Waals surface area contributed by atoms with E-state index in [0.29, 0.717) is 17.8 Å². The van der Waals surface area contributed by atoms with E-state index in [2.05, 4.69) is 28.8 Å². The van der Waals surface area contributed by atoms with Crippen LogP contribution in [0.25, 0.3) is 22.2 Å². The number of rotatable bonds is 2. The van der Waals surface area contributed by atoms with E-state index in [1.165, 1.54) is 0 Å². The van der Waals surface area contributed by atoms with E-state index < -0.39 is 0 Å². The summed E-state index contributed by atoms with van der Waals surface area (Å²) in [6.45, 7) is 4.24. The van der Waals surface area contributed by atoms with Crippen molar-refractivity contribution in [2.75, 3.05) is 0 Å². The molecule has 0 spiro atoms. The molecule has 2 unspecified atom stereocenters. The number of hydrogen-bond acceptors (Lipinski definition) is 2. The summed E-state index contributed by atoms with van der Waals surface area (Å²) >= 11 is 0. The molecule has 0 bridgehead atoms. The molecule has 1 aliphatic heterocycles. The third kappa shape index (κ3) is 2.23. The fraction of sp³-hybridized carbons (Fsp3) is 0.333. The minimum absolute atomic E-state index is 0.0909. The normalized spacial score (nSPS) is 21.2. The van der Waals surface area contributed by atoms with Gasteiger partial charge in [0.05, 0.1) is 0 Å². The Bertz CT molecular complexity index is 853. The Hall–Kier alpha value is -2.56. The minimum atomic E-state index is 0.0909. The topological polar surface area (TPSA) is 64.8 Å². The third-order valence-corrected chi connectivity index (χ3v) is 4.87. The average molecular weight is 308 g/mol. The average Bonchev–Trinajstić information content (AvgIpc) is 3.26. The first kappa shape index (κ1) is 14.1. The zero-order valence-corrected chi connectivity index (χ0v) is 13.3. The summed E-state index contributed by atoms with van der Waals surface area (Å²) in [5.74, 6) is 0.0909. The van der Waals surface area contributed by atoms with Crippen LogP contribution in [0.1, 0.15) is 37.2 Å². The van der Waals surface area contributed by atoms with Crippen LogP contribution in [0.2, 0.25) is 0 Å². The molecule has 2 N–H and O–H groups in total. The van der Waals surface area contributed by atoms with Gasteiger partial charge in [0.15, 0.2) is 0 Å². The zero-order chi connectivity index (χ0) is 16.0. The van der Waals surface area contributed by atoms with Gasteiger partial charge in [-0.15, -0.1) is 0 Å². The number of hydrogen-bond donors (Lipinski definition) is 2. The fourth-order valence-electron chi connectivity index (χ4n) is 3.62. The molecule has 3 aromatic rings. The van der Waals surface area contributed by atoms with Crippen molar-refractivity contribution in [2.24, 2.45) is 0 Å². The van der Waals surface area contributed by atoms with Gasteiger partial charge in [-0.05, 0) is 50.5 Å². The van der Waals surface area contributed by atoms with Crippen molar-refractivity contribution in [3.63, 3.8) is 0 Å². The van der Waals surface area contributed by atoms with Gasteiger partial charge in [-0.2, -0.15) is 0 Å². The van der Waals surface area contributed by atoms with Crippen molar-refractivity contribution >= 4 is 16.9 Å². The first-order valence-electron chi connectivity index (χ1n) is 8.08. The molecule has 0 aliphatic carbocycles. The van der Waals surface area contributed by atoms with Crippen LogP contribution < -0.4 is 0 Å². The van der Waals surface area contributed by atoms with Gasteiger partial charge in [0.1, 0.15) is 11.3 Å². The highest BCUT2D eigenvalue weighted by molar-refractivity contribution is 5.97. The molecule has 0 radical (unpaired) electrons. The number of likely N-dealkylation sites (tertiary alicyclic amines) is 1. The number of amides is 1. The second-order valence-corrected chi connectivity index (χ2v) is 6.39. The first-order chi connectivity index (χ1) is 11.1. The van der Waals surface area contributed by atoms with Crippen molar-refractivity contribution in [1.29, 1.82) is 0 Å². The molecule has 4 heterocycles. The number of pyridine rings is 1. The third-order valence-electron chi connectivity index (χ3n) is 4.87. The number of nitrogens with zero attached hydrogens (tertiary/aromatic N) is 2. The maximum Gasteiger partial charge on any atom is 0.270 e. The van der Waals surface area contributed by atoms with Crippen LogP contribution in [-0.2, 0) is 0 Å². The Kier molecular flexibility index (Phi) is 3.22. The zero-order valence-electron chi connectivity index (χ0n) is 13.3. The van der Waals surface area contributed by atoms with E-state index in [1.807, 2.05) is 35.5 Å². The molecule has 5 heteroatoms. The quantitative estimate of drug-likeness (QED) is 0.760. The van der Waals surface area contributed by atoms with Crippen LogP contribution in [0, 0.1) is 0 Å². The van der Waals surface area contributed by atoms with Crippen molar-refractivity contribution in [1.82, 2.24) is 19.9 Å².